The smallest absolute Gasteiger partial charge is 0.160 e. The molecule has 4 aromatic carbocycles. The van der Waals surface area contributed by atoms with Crippen LogP contribution in [0, 0.1) is 0 Å². The Hall–Kier alpha value is -7.69. The lowest BCUT2D eigenvalue weighted by Gasteiger charge is -2.46. The summed E-state index contributed by atoms with van der Waals surface area (Å²) in [6.07, 6.45) is 7.30. The lowest BCUT2D eigenvalue weighted by molar-refractivity contribution is 0.468. The molecule has 0 fully saturated rings. The first kappa shape index (κ1) is 33.4. The van der Waals surface area contributed by atoms with Gasteiger partial charge >= 0.3 is 0 Å². The van der Waals surface area contributed by atoms with Gasteiger partial charge < -0.3 is 9.40 Å². The molecule has 1 aliphatic rings. The zero-order valence-electron chi connectivity index (χ0n) is 31.3. The number of hydrogen-bond donors (Lipinski definition) is 3. The van der Waals surface area contributed by atoms with Gasteiger partial charge in [-0.2, -0.15) is 10.2 Å². The van der Waals surface area contributed by atoms with Crippen molar-refractivity contribution in [1.29, 1.82) is 0 Å². The molecule has 7 heterocycles. The van der Waals surface area contributed by atoms with Crippen molar-refractivity contribution in [2.24, 2.45) is 0 Å². The second-order valence-corrected chi connectivity index (χ2v) is 15.8. The fraction of sp³-hybridized carbons (Fsp3) is 0.0408. The van der Waals surface area contributed by atoms with E-state index in [2.05, 4.69) is 124 Å². The molecule has 0 spiro atoms. The minimum Gasteiger partial charge on any atom is -0.460 e. The largest absolute Gasteiger partial charge is 0.460 e. The van der Waals surface area contributed by atoms with E-state index in [1.165, 1.54) is 0 Å². The Morgan fingerprint density at radius 2 is 1.37 bits per heavy atom. The average Bonchev–Trinajstić information content (AvgIpc) is 4.15. The normalized spacial score (nSPS) is 17.3. The van der Waals surface area contributed by atoms with E-state index < -0.39 is 11.3 Å². The van der Waals surface area contributed by atoms with Crippen LogP contribution in [0.1, 0.15) is 45.2 Å². The number of nitrogens with one attached hydrogen (secondary N) is 3. The number of H-pyrrole nitrogens is 3. The maximum Gasteiger partial charge on any atom is 0.160 e. The topological polar surface area (TPSA) is 125 Å². The molecular weight excluding hydrogens is 749 g/mol. The fourth-order valence-electron chi connectivity index (χ4n) is 9.21. The number of rotatable bonds is 7. The zero-order chi connectivity index (χ0) is 38.9. The number of nitrogens with zero attached hydrogens (tertiary/aromatic N) is 5. The third-order valence-corrected chi connectivity index (χ3v) is 12.8. The van der Waals surface area contributed by atoms with E-state index >= 15 is 0 Å². The number of aromatic amines is 3. The molecule has 10 heteroatoms. The van der Waals surface area contributed by atoms with Crippen molar-refractivity contribution < 1.29 is 4.42 Å². The lowest BCUT2D eigenvalue weighted by atomic mass is 9.56. The summed E-state index contributed by atoms with van der Waals surface area (Å²) in [6, 6.07) is 50.1. The highest BCUT2D eigenvalue weighted by Crippen LogP contribution is 2.66. The van der Waals surface area contributed by atoms with Crippen LogP contribution in [-0.4, -0.2) is 40.3 Å². The van der Waals surface area contributed by atoms with Crippen LogP contribution in [-0.2, 0) is 5.41 Å². The Morgan fingerprint density at radius 3 is 2.17 bits per heavy atom. The minimum absolute atomic E-state index is 0.548. The molecule has 12 rings (SSSR count). The van der Waals surface area contributed by atoms with Gasteiger partial charge in [-0.3, -0.25) is 15.2 Å². The molecular formula is C49H32N8OS. The van der Waals surface area contributed by atoms with Crippen LogP contribution in [0.4, 0.5) is 0 Å². The molecule has 2 atom stereocenters. The number of thiophene rings is 1. The van der Waals surface area contributed by atoms with Crippen LogP contribution >= 0.6 is 11.3 Å². The number of allylic oxidation sites excluding steroid dienone is 4. The first-order valence-corrected chi connectivity index (χ1v) is 20.2. The summed E-state index contributed by atoms with van der Waals surface area (Å²) in [5, 5.41) is 21.0. The molecule has 0 saturated heterocycles. The number of benzene rings is 4. The molecule has 7 aromatic heterocycles. The molecule has 0 radical (unpaired) electrons. The summed E-state index contributed by atoms with van der Waals surface area (Å²) in [7, 11) is 0. The third-order valence-electron chi connectivity index (χ3n) is 11.6. The van der Waals surface area contributed by atoms with Gasteiger partial charge in [0.2, 0.25) is 0 Å². The zero-order valence-corrected chi connectivity index (χ0v) is 32.1. The van der Waals surface area contributed by atoms with Gasteiger partial charge in [-0.1, -0.05) is 78.9 Å². The second kappa shape index (κ2) is 13.2. The fourth-order valence-corrected chi connectivity index (χ4v) is 10.5. The van der Waals surface area contributed by atoms with Gasteiger partial charge in [0, 0.05) is 84.0 Å². The van der Waals surface area contributed by atoms with Gasteiger partial charge in [0.1, 0.15) is 11.3 Å². The van der Waals surface area contributed by atoms with Gasteiger partial charge in [-0.25, -0.2) is 9.97 Å². The monoisotopic (exact) mass is 780 g/mol. The Labute approximate surface area is 340 Å². The predicted molar refractivity (Wildman–Crippen MR) is 234 cm³/mol. The average molecular weight is 781 g/mol. The number of furan rings is 1. The van der Waals surface area contributed by atoms with E-state index in [-0.39, 0.29) is 0 Å². The lowest BCUT2D eigenvalue weighted by Crippen LogP contribution is -2.40. The van der Waals surface area contributed by atoms with Crippen LogP contribution in [0.2, 0.25) is 0 Å². The van der Waals surface area contributed by atoms with Crippen LogP contribution in [0.5, 0.6) is 0 Å². The van der Waals surface area contributed by atoms with E-state index in [1.54, 1.807) is 23.7 Å². The van der Waals surface area contributed by atoms with Crippen LogP contribution in [0.3, 0.4) is 0 Å². The highest BCUT2D eigenvalue weighted by Gasteiger charge is 2.58. The maximum absolute atomic E-state index is 7.18. The number of para-hydroxylation sites is 3. The summed E-state index contributed by atoms with van der Waals surface area (Å²) in [4.78, 5) is 20.3. The quantitative estimate of drug-likeness (QED) is 0.148. The van der Waals surface area contributed by atoms with E-state index in [1.807, 2.05) is 48.8 Å². The Balaban J connectivity index is 1.38. The molecule has 11 aromatic rings. The van der Waals surface area contributed by atoms with Crippen LogP contribution in [0.25, 0.3) is 65.2 Å². The maximum atomic E-state index is 7.18. The van der Waals surface area contributed by atoms with Crippen LogP contribution in [0.15, 0.2) is 175 Å². The number of pyridine rings is 1. The van der Waals surface area contributed by atoms with Crippen molar-refractivity contribution >= 4 is 76.5 Å². The summed E-state index contributed by atoms with van der Waals surface area (Å²) < 4.78 is 8.33. The van der Waals surface area contributed by atoms with Crippen molar-refractivity contribution in [2.45, 2.75) is 11.3 Å². The standard InChI is InChI=1S/C49H32N8OS/c1-5-16-33-29(12-1)26-36(54-33)42-43(47-32-15-4-6-17-34(32)55-57-47)46(38-27-30-13-2-7-19-37(30)58-38)49(40-21-25-53-56-40,41-28-31-14-3-8-20-39(31)59-41)45(35-18-9-10-22-50-35)44(42)48-51-23-11-24-52-48/h1-28,46,54H,(H,53,56)(H,55,57). The molecule has 59 heavy (non-hydrogen) atoms. The molecule has 0 bridgehead atoms. The molecule has 0 amide bonds. The summed E-state index contributed by atoms with van der Waals surface area (Å²) in [6.45, 7) is 0. The van der Waals surface area contributed by atoms with Gasteiger partial charge in [0.05, 0.1) is 33.9 Å². The van der Waals surface area contributed by atoms with Gasteiger partial charge in [-0.05, 0) is 72.1 Å². The van der Waals surface area contributed by atoms with Crippen molar-refractivity contribution in [3.63, 3.8) is 0 Å². The minimum atomic E-state index is -1.08. The van der Waals surface area contributed by atoms with Crippen molar-refractivity contribution in [3.8, 4) is 0 Å². The molecule has 0 aliphatic heterocycles. The second-order valence-electron chi connectivity index (χ2n) is 14.8. The van der Waals surface area contributed by atoms with Crippen molar-refractivity contribution in [2.75, 3.05) is 0 Å². The van der Waals surface area contributed by atoms with Gasteiger partial charge in [0.15, 0.2) is 5.82 Å². The van der Waals surface area contributed by atoms with Crippen LogP contribution < -0.4 is 0 Å². The predicted octanol–water partition coefficient (Wildman–Crippen LogP) is 11.2. The number of hydrogen-bond acceptors (Lipinski definition) is 7. The summed E-state index contributed by atoms with van der Waals surface area (Å²) in [5.74, 6) is 0.739. The Morgan fingerprint density at radius 1 is 0.610 bits per heavy atom. The SMILES string of the molecule is c1ccc(C2=C(c3ncccn3)C(c3cc4ccccc4[nH]3)=C(c3n[nH]c4ccccc34)C(c3cc4ccccc4o3)C2(c2ccn[nH]2)c2cc3ccccc3s2)nc1. The third kappa shape index (κ3) is 5.06. The Bertz CT molecular complexity index is 3310. The molecule has 280 valence electrons. The highest BCUT2D eigenvalue weighted by molar-refractivity contribution is 7.19. The van der Waals surface area contributed by atoms with Crippen molar-refractivity contribution in [3.05, 3.63) is 210 Å². The molecule has 9 nitrogen and oxygen atoms in total. The van der Waals surface area contributed by atoms with E-state index in [0.717, 1.165) is 98.6 Å². The van der Waals surface area contributed by atoms with Crippen molar-refractivity contribution in [1.82, 2.24) is 40.3 Å². The number of fused-ring (bicyclic) bond motifs is 4. The Kier molecular flexibility index (Phi) is 7.48. The first-order valence-electron chi connectivity index (χ1n) is 19.4. The molecule has 1 aliphatic carbocycles. The van der Waals surface area contributed by atoms with E-state index in [9.17, 15) is 0 Å². The summed E-state index contributed by atoms with van der Waals surface area (Å²) >= 11 is 1.75. The number of aromatic nitrogens is 8. The molecule has 0 saturated carbocycles. The van der Waals surface area contributed by atoms with Gasteiger partial charge in [-0.15, -0.1) is 11.3 Å². The van der Waals surface area contributed by atoms with Gasteiger partial charge in [0.25, 0.3) is 0 Å². The first-order chi connectivity index (χ1) is 29.3. The molecule has 3 N–H and O–H groups in total. The molecule has 2 unspecified atom stereocenters. The van der Waals surface area contributed by atoms with E-state index in [0.29, 0.717) is 5.82 Å². The van der Waals surface area contributed by atoms with E-state index in [4.69, 9.17) is 29.6 Å². The highest BCUT2D eigenvalue weighted by atomic mass is 32.1. The summed E-state index contributed by atoms with van der Waals surface area (Å²) in [5.41, 5.74) is 8.48.